The van der Waals surface area contributed by atoms with Gasteiger partial charge in [0.25, 0.3) is 0 Å². The SMILES string of the molecule is CCOC(=O)C[C@H](N)c1cccc(Oc2ccccc2OC)c1.Cl. The van der Waals surface area contributed by atoms with Gasteiger partial charge in [-0.15, -0.1) is 12.4 Å². The Bertz CT molecular complexity index is 663. The Morgan fingerprint density at radius 1 is 1.12 bits per heavy atom. The average Bonchev–Trinajstić information content (AvgIpc) is 2.56. The third-order valence-corrected chi connectivity index (χ3v) is 3.28. The topological polar surface area (TPSA) is 70.8 Å². The monoisotopic (exact) mass is 351 g/mol. The van der Waals surface area contributed by atoms with Crippen molar-refractivity contribution in [3.05, 3.63) is 54.1 Å². The van der Waals surface area contributed by atoms with Crippen molar-refractivity contribution in [1.82, 2.24) is 0 Å². The highest BCUT2D eigenvalue weighted by atomic mass is 35.5. The second-order valence-electron chi connectivity index (χ2n) is 4.94. The fourth-order valence-corrected chi connectivity index (χ4v) is 2.16. The van der Waals surface area contributed by atoms with Gasteiger partial charge in [0.1, 0.15) is 5.75 Å². The zero-order chi connectivity index (χ0) is 16.7. The van der Waals surface area contributed by atoms with Gasteiger partial charge in [-0.05, 0) is 36.8 Å². The average molecular weight is 352 g/mol. The van der Waals surface area contributed by atoms with Crippen LogP contribution in [0.3, 0.4) is 0 Å². The molecule has 0 fully saturated rings. The predicted octanol–water partition coefficient (Wildman–Crippen LogP) is 3.86. The van der Waals surface area contributed by atoms with Crippen LogP contribution in [0, 0.1) is 0 Å². The first kappa shape index (κ1) is 19.8. The number of hydrogen-bond donors (Lipinski definition) is 1. The van der Waals surface area contributed by atoms with Crippen LogP contribution < -0.4 is 15.2 Å². The lowest BCUT2D eigenvalue weighted by Crippen LogP contribution is -2.17. The molecule has 130 valence electrons. The van der Waals surface area contributed by atoms with Crippen LogP contribution in [0.1, 0.15) is 24.9 Å². The molecule has 0 aliphatic rings. The quantitative estimate of drug-likeness (QED) is 0.767. The summed E-state index contributed by atoms with van der Waals surface area (Å²) in [4.78, 5) is 11.5. The van der Waals surface area contributed by atoms with E-state index in [-0.39, 0.29) is 24.8 Å². The van der Waals surface area contributed by atoms with E-state index in [1.165, 1.54) is 0 Å². The number of carbonyl (C=O) groups is 1. The number of nitrogens with two attached hydrogens (primary N) is 1. The summed E-state index contributed by atoms with van der Waals surface area (Å²) in [5.41, 5.74) is 6.87. The molecule has 0 unspecified atom stereocenters. The van der Waals surface area contributed by atoms with E-state index < -0.39 is 6.04 Å². The third-order valence-electron chi connectivity index (χ3n) is 3.28. The summed E-state index contributed by atoms with van der Waals surface area (Å²) in [6.07, 6.45) is 0.131. The molecule has 0 saturated heterocycles. The molecule has 0 spiro atoms. The number of carbonyl (C=O) groups excluding carboxylic acids is 1. The second-order valence-corrected chi connectivity index (χ2v) is 4.94. The maximum Gasteiger partial charge on any atom is 0.307 e. The molecular weight excluding hydrogens is 330 g/mol. The lowest BCUT2D eigenvalue weighted by molar-refractivity contribution is -0.143. The van der Waals surface area contributed by atoms with Gasteiger partial charge in [-0.25, -0.2) is 0 Å². The van der Waals surface area contributed by atoms with Crippen molar-refractivity contribution in [1.29, 1.82) is 0 Å². The van der Waals surface area contributed by atoms with Gasteiger partial charge in [-0.3, -0.25) is 4.79 Å². The summed E-state index contributed by atoms with van der Waals surface area (Å²) in [5.74, 6) is 1.59. The van der Waals surface area contributed by atoms with E-state index in [1.807, 2.05) is 48.5 Å². The number of para-hydroxylation sites is 2. The van der Waals surface area contributed by atoms with Gasteiger partial charge >= 0.3 is 5.97 Å². The number of ether oxygens (including phenoxy) is 3. The van der Waals surface area contributed by atoms with Crippen molar-refractivity contribution in [2.45, 2.75) is 19.4 Å². The number of halogens is 1. The molecule has 0 radical (unpaired) electrons. The van der Waals surface area contributed by atoms with Crippen LogP contribution in [0.25, 0.3) is 0 Å². The minimum absolute atomic E-state index is 0. The second kappa shape index (κ2) is 9.80. The fraction of sp³-hybridized carbons (Fsp3) is 0.278. The van der Waals surface area contributed by atoms with Crippen molar-refractivity contribution in [2.75, 3.05) is 13.7 Å². The van der Waals surface area contributed by atoms with Gasteiger partial charge in [-0.2, -0.15) is 0 Å². The number of rotatable bonds is 7. The Kier molecular flexibility index (Phi) is 8.09. The highest BCUT2D eigenvalue weighted by molar-refractivity contribution is 5.85. The summed E-state index contributed by atoms with van der Waals surface area (Å²) < 4.78 is 16.0. The highest BCUT2D eigenvalue weighted by Gasteiger charge is 2.13. The molecule has 0 saturated carbocycles. The standard InChI is InChI=1S/C18H21NO4.ClH/c1-3-22-18(20)12-15(19)13-7-6-8-14(11-13)23-17-10-5-4-9-16(17)21-2;/h4-11,15H,3,12,19H2,1-2H3;1H/t15-;/m0./s1. The van der Waals surface area contributed by atoms with E-state index in [2.05, 4.69) is 0 Å². The lowest BCUT2D eigenvalue weighted by atomic mass is 10.0. The maximum absolute atomic E-state index is 11.5. The maximum atomic E-state index is 11.5. The molecule has 2 N–H and O–H groups in total. The van der Waals surface area contributed by atoms with Gasteiger partial charge < -0.3 is 19.9 Å². The van der Waals surface area contributed by atoms with Gasteiger partial charge in [0.15, 0.2) is 11.5 Å². The number of methoxy groups -OCH3 is 1. The summed E-state index contributed by atoms with van der Waals surface area (Å²) >= 11 is 0. The molecule has 5 nitrogen and oxygen atoms in total. The van der Waals surface area contributed by atoms with E-state index in [4.69, 9.17) is 19.9 Å². The molecule has 0 heterocycles. The summed E-state index contributed by atoms with van der Waals surface area (Å²) in [7, 11) is 1.59. The number of esters is 1. The van der Waals surface area contributed by atoms with Crippen LogP contribution in [-0.2, 0) is 9.53 Å². The molecule has 0 aliphatic heterocycles. The van der Waals surface area contributed by atoms with Gasteiger partial charge in [-0.1, -0.05) is 24.3 Å². The lowest BCUT2D eigenvalue weighted by Gasteiger charge is -2.14. The Morgan fingerprint density at radius 3 is 2.50 bits per heavy atom. The van der Waals surface area contributed by atoms with Crippen molar-refractivity contribution in [3.8, 4) is 17.2 Å². The van der Waals surface area contributed by atoms with Gasteiger partial charge in [0, 0.05) is 6.04 Å². The van der Waals surface area contributed by atoms with Crippen LogP contribution in [0.15, 0.2) is 48.5 Å². The van der Waals surface area contributed by atoms with Crippen molar-refractivity contribution >= 4 is 18.4 Å². The molecule has 0 amide bonds. The Hall–Kier alpha value is -2.24. The molecule has 2 rings (SSSR count). The molecule has 24 heavy (non-hydrogen) atoms. The molecule has 0 aromatic heterocycles. The van der Waals surface area contributed by atoms with Crippen molar-refractivity contribution < 1.29 is 19.0 Å². The van der Waals surface area contributed by atoms with Gasteiger partial charge in [0.2, 0.25) is 0 Å². The van der Waals surface area contributed by atoms with E-state index in [1.54, 1.807) is 14.0 Å². The third kappa shape index (κ3) is 5.44. The van der Waals surface area contributed by atoms with Crippen molar-refractivity contribution in [3.63, 3.8) is 0 Å². The van der Waals surface area contributed by atoms with E-state index in [0.717, 1.165) is 5.56 Å². The largest absolute Gasteiger partial charge is 0.493 e. The van der Waals surface area contributed by atoms with Crippen LogP contribution in [0.5, 0.6) is 17.2 Å². The molecule has 0 bridgehead atoms. The first-order valence-corrected chi connectivity index (χ1v) is 7.46. The predicted molar refractivity (Wildman–Crippen MR) is 94.9 cm³/mol. The van der Waals surface area contributed by atoms with E-state index in [9.17, 15) is 4.79 Å². The van der Waals surface area contributed by atoms with Crippen LogP contribution in [-0.4, -0.2) is 19.7 Å². The summed E-state index contributed by atoms with van der Waals surface area (Å²) in [6, 6.07) is 14.3. The smallest absolute Gasteiger partial charge is 0.307 e. The molecule has 6 heteroatoms. The van der Waals surface area contributed by atoms with Crippen LogP contribution in [0.2, 0.25) is 0 Å². The van der Waals surface area contributed by atoms with Crippen molar-refractivity contribution in [2.24, 2.45) is 5.73 Å². The summed E-state index contributed by atoms with van der Waals surface area (Å²) in [6.45, 7) is 2.12. The molecular formula is C18H22ClNO4. The zero-order valence-electron chi connectivity index (χ0n) is 13.7. The number of benzene rings is 2. The minimum Gasteiger partial charge on any atom is -0.493 e. The van der Waals surface area contributed by atoms with Crippen LogP contribution >= 0.6 is 12.4 Å². The molecule has 2 aromatic rings. The molecule has 2 aromatic carbocycles. The highest BCUT2D eigenvalue weighted by Crippen LogP contribution is 2.31. The minimum atomic E-state index is -0.435. The zero-order valence-corrected chi connectivity index (χ0v) is 14.5. The fourth-order valence-electron chi connectivity index (χ4n) is 2.16. The Balaban J connectivity index is 0.00000288. The number of hydrogen-bond acceptors (Lipinski definition) is 5. The summed E-state index contributed by atoms with van der Waals surface area (Å²) in [5, 5.41) is 0. The van der Waals surface area contributed by atoms with Crippen LogP contribution in [0.4, 0.5) is 0 Å². The Morgan fingerprint density at radius 2 is 1.83 bits per heavy atom. The Labute approximate surface area is 148 Å². The van der Waals surface area contributed by atoms with Gasteiger partial charge in [0.05, 0.1) is 20.1 Å². The molecule has 0 aliphatic carbocycles. The normalized spacial score (nSPS) is 11.1. The first-order chi connectivity index (χ1) is 11.1. The first-order valence-electron chi connectivity index (χ1n) is 7.46. The van der Waals surface area contributed by atoms with E-state index in [0.29, 0.717) is 23.9 Å². The van der Waals surface area contributed by atoms with E-state index >= 15 is 0 Å². The molecule has 1 atom stereocenters.